The van der Waals surface area contributed by atoms with Gasteiger partial charge in [-0.15, -0.1) is 0 Å². The Bertz CT molecular complexity index is 292. The Morgan fingerprint density at radius 3 is 2.53 bits per heavy atom. The van der Waals surface area contributed by atoms with Crippen molar-refractivity contribution in [2.45, 2.75) is 43.3 Å². The molecule has 15 heavy (non-hydrogen) atoms. The Morgan fingerprint density at radius 1 is 1.53 bits per heavy atom. The van der Waals surface area contributed by atoms with Gasteiger partial charge >= 0.3 is 92.6 Å². The SMILES string of the molecule is CC1(C)OC[C@@H]([C@H](O)/C=C/[As](C)(C)=O)O1. The second-order valence-corrected chi connectivity index (χ2v) is 11.3. The van der Waals surface area contributed by atoms with Crippen LogP contribution in [0, 0.1) is 0 Å². The molecule has 5 heteroatoms. The van der Waals surface area contributed by atoms with Crippen LogP contribution in [0.1, 0.15) is 13.8 Å². The molecule has 0 aromatic heterocycles. The summed E-state index contributed by atoms with van der Waals surface area (Å²) >= 11 is -2.81. The number of aliphatic hydroxyl groups excluding tert-OH is 1. The van der Waals surface area contributed by atoms with Crippen molar-refractivity contribution in [2.24, 2.45) is 0 Å². The molecule has 1 aliphatic rings. The second kappa shape index (κ2) is 4.46. The summed E-state index contributed by atoms with van der Waals surface area (Å²) in [5, 5.41) is 9.74. The van der Waals surface area contributed by atoms with Gasteiger partial charge < -0.3 is 0 Å². The summed E-state index contributed by atoms with van der Waals surface area (Å²) in [5.74, 6) is -0.632. The van der Waals surface area contributed by atoms with Gasteiger partial charge in [-0.05, 0) is 0 Å². The van der Waals surface area contributed by atoms with Gasteiger partial charge in [0.05, 0.1) is 0 Å². The number of rotatable bonds is 3. The topological polar surface area (TPSA) is 55.8 Å². The van der Waals surface area contributed by atoms with Crippen molar-refractivity contribution in [3.8, 4) is 0 Å². The Balaban J connectivity index is 2.53. The van der Waals surface area contributed by atoms with E-state index in [1.54, 1.807) is 36.2 Å². The molecule has 0 aromatic carbocycles. The van der Waals surface area contributed by atoms with Crippen LogP contribution in [-0.4, -0.2) is 43.2 Å². The summed E-state index contributed by atoms with van der Waals surface area (Å²) in [6, 6.07) is 0. The van der Waals surface area contributed by atoms with E-state index >= 15 is 0 Å². The fourth-order valence-corrected chi connectivity index (χ4v) is 2.54. The summed E-state index contributed by atoms with van der Waals surface area (Å²) in [6.07, 6.45) is 0.440. The molecule has 1 saturated heterocycles. The predicted octanol–water partition coefficient (Wildman–Crippen LogP) is 1.23. The van der Waals surface area contributed by atoms with E-state index < -0.39 is 25.4 Å². The first-order valence-electron chi connectivity index (χ1n) is 4.93. The molecule has 1 N–H and O–H groups in total. The van der Waals surface area contributed by atoms with E-state index in [0.29, 0.717) is 6.61 Å². The molecule has 0 saturated carbocycles. The summed E-state index contributed by atoms with van der Waals surface area (Å²) < 4.78 is 22.2. The van der Waals surface area contributed by atoms with Crippen LogP contribution in [0.2, 0.25) is 11.4 Å². The van der Waals surface area contributed by atoms with Gasteiger partial charge in [-0.1, -0.05) is 0 Å². The number of hydrogen-bond donors (Lipinski definition) is 1. The van der Waals surface area contributed by atoms with E-state index in [9.17, 15) is 8.85 Å². The average Bonchev–Trinajstić information content (AvgIpc) is 2.40. The Labute approximate surface area is 92.9 Å². The minimum absolute atomic E-state index is 0.363. The normalized spacial score (nSPS) is 28.5. The van der Waals surface area contributed by atoms with Crippen LogP contribution < -0.4 is 0 Å². The van der Waals surface area contributed by atoms with Gasteiger partial charge in [-0.25, -0.2) is 0 Å². The average molecular weight is 278 g/mol. The Morgan fingerprint density at radius 2 is 2.13 bits per heavy atom. The molecule has 4 nitrogen and oxygen atoms in total. The van der Waals surface area contributed by atoms with Gasteiger partial charge in [0.15, 0.2) is 0 Å². The van der Waals surface area contributed by atoms with Gasteiger partial charge in [-0.2, -0.15) is 0 Å². The van der Waals surface area contributed by atoms with Crippen molar-refractivity contribution >= 4 is 13.5 Å². The zero-order valence-electron chi connectivity index (χ0n) is 9.64. The predicted molar refractivity (Wildman–Crippen MR) is 58.2 cm³/mol. The van der Waals surface area contributed by atoms with Crippen LogP contribution in [0.25, 0.3) is 0 Å². The quantitative estimate of drug-likeness (QED) is 0.789. The van der Waals surface area contributed by atoms with E-state index in [1.165, 1.54) is 0 Å². The van der Waals surface area contributed by atoms with E-state index in [0.717, 1.165) is 0 Å². The zero-order chi connectivity index (χ0) is 11.7. The molecule has 0 radical (unpaired) electrons. The van der Waals surface area contributed by atoms with Crippen molar-refractivity contribution in [2.75, 3.05) is 6.61 Å². The van der Waals surface area contributed by atoms with Crippen molar-refractivity contribution in [3.05, 3.63) is 10.9 Å². The van der Waals surface area contributed by atoms with Crippen LogP contribution in [0.5, 0.6) is 0 Å². The molecule has 0 bridgehead atoms. The zero-order valence-corrected chi connectivity index (χ0v) is 11.5. The van der Waals surface area contributed by atoms with Gasteiger partial charge in [0.2, 0.25) is 0 Å². The third kappa shape index (κ3) is 4.56. The molecular formula is C10H19AsO4. The first kappa shape index (κ1) is 13.0. The molecule has 2 atom stereocenters. The molecule has 1 aliphatic heterocycles. The van der Waals surface area contributed by atoms with Crippen LogP contribution in [0.3, 0.4) is 0 Å². The third-order valence-electron chi connectivity index (χ3n) is 2.05. The van der Waals surface area contributed by atoms with E-state index in [2.05, 4.69) is 0 Å². The van der Waals surface area contributed by atoms with Gasteiger partial charge in [0, 0.05) is 0 Å². The van der Waals surface area contributed by atoms with Gasteiger partial charge in [-0.3, -0.25) is 0 Å². The van der Waals surface area contributed by atoms with E-state index in [4.69, 9.17) is 9.47 Å². The van der Waals surface area contributed by atoms with Crippen LogP contribution in [-0.2, 0) is 13.2 Å². The fourth-order valence-electron chi connectivity index (χ4n) is 1.30. The van der Waals surface area contributed by atoms with E-state index in [1.807, 2.05) is 0 Å². The van der Waals surface area contributed by atoms with Gasteiger partial charge in [0.25, 0.3) is 0 Å². The molecule has 1 rings (SSSR count). The maximum atomic E-state index is 11.5. The van der Waals surface area contributed by atoms with Crippen molar-refractivity contribution in [3.63, 3.8) is 0 Å². The summed E-state index contributed by atoms with van der Waals surface area (Å²) in [4.78, 5) is 1.61. The maximum absolute atomic E-state index is 11.5. The van der Waals surface area contributed by atoms with Crippen LogP contribution in [0.4, 0.5) is 0 Å². The van der Waals surface area contributed by atoms with Crippen molar-refractivity contribution < 1.29 is 18.3 Å². The second-order valence-electron chi connectivity index (χ2n) is 4.63. The first-order chi connectivity index (χ1) is 6.70. The molecule has 0 spiro atoms. The molecule has 0 amide bonds. The summed E-state index contributed by atoms with van der Waals surface area (Å²) in [5.41, 5.74) is 3.41. The summed E-state index contributed by atoms with van der Waals surface area (Å²) in [7, 11) is 0. The van der Waals surface area contributed by atoms with E-state index in [-0.39, 0.29) is 6.10 Å². The van der Waals surface area contributed by atoms with Gasteiger partial charge in [0.1, 0.15) is 0 Å². The Hall–Kier alpha value is -0.0216. The number of hydrogen-bond acceptors (Lipinski definition) is 4. The Kier molecular flexibility index (Phi) is 3.88. The molecule has 1 fully saturated rings. The number of ether oxygens (including phenoxy) is 2. The molecule has 88 valence electrons. The monoisotopic (exact) mass is 278 g/mol. The minimum atomic E-state index is -2.81. The molecule has 1 heterocycles. The first-order valence-corrected chi connectivity index (χ1v) is 10.5. The molecule has 0 aliphatic carbocycles. The fraction of sp³-hybridized carbons (Fsp3) is 0.800. The standard InChI is InChI=1S/C10H19AsO4/c1-10(2)14-7-9(15-10)8(12)5-6-11(3,4)13/h5-6,8-9,12H,7H2,1-4H3/b6-5+/t8-,9+/m1/s1. The number of aliphatic hydroxyl groups is 1. The molecule has 0 unspecified atom stereocenters. The van der Waals surface area contributed by atoms with Crippen molar-refractivity contribution in [1.82, 2.24) is 0 Å². The summed E-state index contributed by atoms with van der Waals surface area (Å²) in [6.45, 7) is 3.97. The van der Waals surface area contributed by atoms with Crippen LogP contribution in [0.15, 0.2) is 10.9 Å². The molecular weight excluding hydrogens is 259 g/mol. The third-order valence-corrected chi connectivity index (χ3v) is 3.92. The van der Waals surface area contributed by atoms with Crippen molar-refractivity contribution in [1.29, 1.82) is 0 Å². The molecule has 0 aromatic rings. The van der Waals surface area contributed by atoms with Crippen LogP contribution >= 0.6 is 0 Å².